The van der Waals surface area contributed by atoms with Crippen molar-refractivity contribution in [2.75, 3.05) is 18.1 Å². The lowest BCUT2D eigenvalue weighted by atomic mass is 10.2. The summed E-state index contributed by atoms with van der Waals surface area (Å²) in [7, 11) is 0. The van der Waals surface area contributed by atoms with E-state index in [1.54, 1.807) is 0 Å². The van der Waals surface area contributed by atoms with Gasteiger partial charge in [-0.2, -0.15) is 11.8 Å². The molecular formula is C8H13NOS. The van der Waals surface area contributed by atoms with Gasteiger partial charge in [0.2, 0.25) is 6.41 Å². The van der Waals surface area contributed by atoms with Crippen LogP contribution in [-0.2, 0) is 4.79 Å². The highest BCUT2D eigenvalue weighted by molar-refractivity contribution is 7.99. The number of rotatable bonds is 2. The lowest BCUT2D eigenvalue weighted by molar-refractivity contribution is -0.120. The summed E-state index contributed by atoms with van der Waals surface area (Å²) >= 11 is 1.99. The molecule has 0 aromatic rings. The predicted molar refractivity (Wildman–Crippen MR) is 46.6 cm³/mol. The molecular weight excluding hydrogens is 158 g/mol. The molecule has 1 unspecified atom stereocenters. The zero-order chi connectivity index (χ0) is 7.68. The van der Waals surface area contributed by atoms with Crippen LogP contribution in [0.2, 0.25) is 0 Å². The van der Waals surface area contributed by atoms with Gasteiger partial charge < -0.3 is 4.90 Å². The fourth-order valence-corrected chi connectivity index (χ4v) is 2.87. The van der Waals surface area contributed by atoms with Crippen molar-refractivity contribution in [2.45, 2.75) is 18.9 Å². The maximum Gasteiger partial charge on any atom is 0.210 e. The van der Waals surface area contributed by atoms with E-state index in [1.807, 2.05) is 16.7 Å². The molecule has 2 rings (SSSR count). The molecule has 0 radical (unpaired) electrons. The smallest absolute Gasteiger partial charge is 0.210 e. The highest BCUT2D eigenvalue weighted by atomic mass is 32.2. The number of amides is 1. The molecule has 0 aromatic carbocycles. The Morgan fingerprint density at radius 3 is 2.91 bits per heavy atom. The lowest BCUT2D eigenvalue weighted by Gasteiger charge is -2.32. The molecule has 2 nitrogen and oxygen atoms in total. The van der Waals surface area contributed by atoms with E-state index in [4.69, 9.17) is 0 Å². The number of hydrogen-bond acceptors (Lipinski definition) is 2. The molecule has 2 aliphatic rings. The third kappa shape index (κ3) is 1.53. The van der Waals surface area contributed by atoms with Gasteiger partial charge in [0.25, 0.3) is 0 Å². The van der Waals surface area contributed by atoms with Crippen LogP contribution in [0.5, 0.6) is 0 Å². The zero-order valence-corrected chi connectivity index (χ0v) is 7.35. The maximum atomic E-state index is 10.6. The van der Waals surface area contributed by atoms with E-state index in [0.717, 1.165) is 24.6 Å². The molecule has 2 fully saturated rings. The van der Waals surface area contributed by atoms with E-state index >= 15 is 0 Å². The Balaban J connectivity index is 1.96. The molecule has 0 spiro atoms. The van der Waals surface area contributed by atoms with E-state index in [0.29, 0.717) is 6.04 Å². The minimum absolute atomic E-state index is 0.575. The number of thioether (sulfide) groups is 1. The van der Waals surface area contributed by atoms with Crippen LogP contribution in [0.15, 0.2) is 0 Å². The molecule has 62 valence electrons. The second-order valence-electron chi connectivity index (χ2n) is 3.32. The molecule has 0 bridgehead atoms. The Bertz CT molecular complexity index is 158. The second kappa shape index (κ2) is 3.05. The van der Waals surface area contributed by atoms with Crippen LogP contribution >= 0.6 is 11.8 Å². The van der Waals surface area contributed by atoms with E-state index in [1.165, 1.54) is 18.6 Å². The Morgan fingerprint density at radius 1 is 1.45 bits per heavy atom. The molecule has 1 aliphatic heterocycles. The SMILES string of the molecule is O=CN1CCSCC1C1CC1. The van der Waals surface area contributed by atoms with E-state index in [2.05, 4.69) is 0 Å². The summed E-state index contributed by atoms with van der Waals surface area (Å²) in [6.07, 6.45) is 3.72. The first-order valence-corrected chi connectivity index (χ1v) is 5.36. The molecule has 1 saturated heterocycles. The summed E-state index contributed by atoms with van der Waals surface area (Å²) in [6, 6.07) is 0.575. The largest absolute Gasteiger partial charge is 0.340 e. The molecule has 0 aromatic heterocycles. The van der Waals surface area contributed by atoms with Crippen molar-refractivity contribution in [1.82, 2.24) is 4.90 Å². The number of carbonyl (C=O) groups excluding carboxylic acids is 1. The topological polar surface area (TPSA) is 20.3 Å². The van der Waals surface area contributed by atoms with Crippen LogP contribution < -0.4 is 0 Å². The van der Waals surface area contributed by atoms with Gasteiger partial charge in [0.05, 0.1) is 0 Å². The van der Waals surface area contributed by atoms with Crippen molar-refractivity contribution in [1.29, 1.82) is 0 Å². The normalized spacial score (nSPS) is 32.0. The maximum absolute atomic E-state index is 10.6. The summed E-state index contributed by atoms with van der Waals surface area (Å²) in [6.45, 7) is 0.968. The molecule has 3 heteroatoms. The fourth-order valence-electron chi connectivity index (χ4n) is 1.65. The molecule has 1 atom stereocenters. The first kappa shape index (κ1) is 7.47. The van der Waals surface area contributed by atoms with Gasteiger partial charge in [0.15, 0.2) is 0 Å². The second-order valence-corrected chi connectivity index (χ2v) is 4.47. The molecule has 1 heterocycles. The Labute approximate surface area is 71.3 Å². The molecule has 11 heavy (non-hydrogen) atoms. The Kier molecular flexibility index (Phi) is 2.07. The minimum Gasteiger partial charge on any atom is -0.340 e. The van der Waals surface area contributed by atoms with Gasteiger partial charge in [0, 0.05) is 24.1 Å². The minimum atomic E-state index is 0.575. The third-order valence-electron chi connectivity index (χ3n) is 2.51. The Morgan fingerprint density at radius 2 is 2.27 bits per heavy atom. The summed E-state index contributed by atoms with van der Waals surface area (Å²) in [5.41, 5.74) is 0. The van der Waals surface area contributed by atoms with Crippen LogP contribution in [-0.4, -0.2) is 35.4 Å². The molecule has 1 amide bonds. The van der Waals surface area contributed by atoms with Gasteiger partial charge in [-0.05, 0) is 18.8 Å². The summed E-state index contributed by atoms with van der Waals surface area (Å²) in [5, 5.41) is 0. The molecule has 1 aliphatic carbocycles. The lowest BCUT2D eigenvalue weighted by Crippen LogP contribution is -2.42. The third-order valence-corrected chi connectivity index (χ3v) is 3.56. The number of hydrogen-bond donors (Lipinski definition) is 0. The van der Waals surface area contributed by atoms with E-state index < -0.39 is 0 Å². The first-order valence-electron chi connectivity index (χ1n) is 4.20. The molecule has 0 N–H and O–H groups in total. The predicted octanol–water partition coefficient (Wildman–Crippen LogP) is 0.970. The highest BCUT2D eigenvalue weighted by Crippen LogP contribution is 2.37. The van der Waals surface area contributed by atoms with E-state index in [9.17, 15) is 4.79 Å². The van der Waals surface area contributed by atoms with Crippen LogP contribution in [0.3, 0.4) is 0 Å². The van der Waals surface area contributed by atoms with Crippen LogP contribution in [0.25, 0.3) is 0 Å². The summed E-state index contributed by atoms with van der Waals surface area (Å²) < 4.78 is 0. The number of nitrogens with zero attached hydrogens (tertiary/aromatic N) is 1. The highest BCUT2D eigenvalue weighted by Gasteiger charge is 2.36. The van der Waals surface area contributed by atoms with Gasteiger partial charge in [-0.25, -0.2) is 0 Å². The monoisotopic (exact) mass is 171 g/mol. The van der Waals surface area contributed by atoms with Crippen molar-refractivity contribution in [3.8, 4) is 0 Å². The summed E-state index contributed by atoms with van der Waals surface area (Å²) in [4.78, 5) is 12.6. The van der Waals surface area contributed by atoms with E-state index in [-0.39, 0.29) is 0 Å². The first-order chi connectivity index (χ1) is 5.42. The van der Waals surface area contributed by atoms with Crippen molar-refractivity contribution < 1.29 is 4.79 Å². The van der Waals surface area contributed by atoms with Gasteiger partial charge in [-0.1, -0.05) is 0 Å². The van der Waals surface area contributed by atoms with Crippen molar-refractivity contribution in [2.24, 2.45) is 5.92 Å². The van der Waals surface area contributed by atoms with Crippen LogP contribution in [0.1, 0.15) is 12.8 Å². The van der Waals surface area contributed by atoms with Crippen molar-refractivity contribution in [3.63, 3.8) is 0 Å². The average molecular weight is 171 g/mol. The van der Waals surface area contributed by atoms with Gasteiger partial charge in [-0.3, -0.25) is 4.79 Å². The van der Waals surface area contributed by atoms with Crippen LogP contribution in [0.4, 0.5) is 0 Å². The van der Waals surface area contributed by atoms with Gasteiger partial charge in [0.1, 0.15) is 0 Å². The standard InChI is InChI=1S/C8H13NOS/c10-6-9-3-4-11-5-8(9)7-1-2-7/h6-8H,1-5H2. The van der Waals surface area contributed by atoms with Crippen molar-refractivity contribution >= 4 is 18.2 Å². The quantitative estimate of drug-likeness (QED) is 0.577. The fraction of sp³-hybridized carbons (Fsp3) is 0.875. The zero-order valence-electron chi connectivity index (χ0n) is 6.53. The summed E-state index contributed by atoms with van der Waals surface area (Å²) in [5.74, 6) is 3.14. The van der Waals surface area contributed by atoms with Gasteiger partial charge in [-0.15, -0.1) is 0 Å². The molecule has 1 saturated carbocycles. The average Bonchev–Trinajstić information content (AvgIpc) is 2.87. The number of carbonyl (C=O) groups is 1. The Hall–Kier alpha value is -0.180. The van der Waals surface area contributed by atoms with Gasteiger partial charge >= 0.3 is 0 Å². The van der Waals surface area contributed by atoms with Crippen molar-refractivity contribution in [3.05, 3.63) is 0 Å². The van der Waals surface area contributed by atoms with Crippen LogP contribution in [0, 0.1) is 5.92 Å².